The Morgan fingerprint density at radius 2 is 1.95 bits per heavy atom. The lowest BCUT2D eigenvalue weighted by Crippen LogP contribution is -2.18. The molecule has 1 aromatic heterocycles. The van der Waals surface area contributed by atoms with E-state index in [1.165, 1.54) is 0 Å². The van der Waals surface area contributed by atoms with Crippen molar-refractivity contribution in [3.63, 3.8) is 0 Å². The fourth-order valence-electron chi connectivity index (χ4n) is 1.79. The van der Waals surface area contributed by atoms with Gasteiger partial charge >= 0.3 is 0 Å². The standard InChI is InChI=1S/C13H13Cl2N3O/c1-18(10-7-12(14)16-17-13(10)15)8-9-5-3-4-6-11(9)19-2/h3-7H,8H2,1-2H3. The van der Waals surface area contributed by atoms with E-state index in [1.807, 2.05) is 36.2 Å². The summed E-state index contributed by atoms with van der Waals surface area (Å²) in [6.45, 7) is 0.631. The molecular weight excluding hydrogens is 285 g/mol. The van der Waals surface area contributed by atoms with Crippen molar-refractivity contribution in [2.75, 3.05) is 19.1 Å². The van der Waals surface area contributed by atoms with Gasteiger partial charge in [-0.25, -0.2) is 0 Å². The third-order valence-electron chi connectivity index (χ3n) is 2.71. The Morgan fingerprint density at radius 1 is 1.21 bits per heavy atom. The van der Waals surface area contributed by atoms with Gasteiger partial charge in [0.2, 0.25) is 0 Å². The van der Waals surface area contributed by atoms with E-state index < -0.39 is 0 Å². The average molecular weight is 298 g/mol. The highest BCUT2D eigenvalue weighted by atomic mass is 35.5. The van der Waals surface area contributed by atoms with Crippen molar-refractivity contribution in [1.29, 1.82) is 0 Å². The van der Waals surface area contributed by atoms with Crippen molar-refractivity contribution in [2.24, 2.45) is 0 Å². The maximum Gasteiger partial charge on any atom is 0.175 e. The zero-order valence-electron chi connectivity index (χ0n) is 10.6. The van der Waals surface area contributed by atoms with Crippen LogP contribution in [0.25, 0.3) is 0 Å². The molecule has 0 bridgehead atoms. The highest BCUT2D eigenvalue weighted by Crippen LogP contribution is 2.27. The minimum Gasteiger partial charge on any atom is -0.496 e. The fourth-order valence-corrected chi connectivity index (χ4v) is 2.16. The van der Waals surface area contributed by atoms with Gasteiger partial charge in [-0.05, 0) is 6.07 Å². The zero-order valence-corrected chi connectivity index (χ0v) is 12.1. The molecule has 0 aliphatic heterocycles. The molecule has 100 valence electrons. The summed E-state index contributed by atoms with van der Waals surface area (Å²) in [5.74, 6) is 0.832. The number of hydrogen-bond acceptors (Lipinski definition) is 4. The van der Waals surface area contributed by atoms with Gasteiger partial charge in [0.25, 0.3) is 0 Å². The molecule has 0 N–H and O–H groups in total. The lowest BCUT2D eigenvalue weighted by atomic mass is 10.2. The first-order valence-electron chi connectivity index (χ1n) is 5.63. The number of methoxy groups -OCH3 is 1. The van der Waals surface area contributed by atoms with E-state index in [0.717, 1.165) is 17.0 Å². The van der Waals surface area contributed by atoms with Gasteiger partial charge in [0.1, 0.15) is 5.75 Å². The van der Waals surface area contributed by atoms with Crippen LogP contribution in [0.15, 0.2) is 30.3 Å². The van der Waals surface area contributed by atoms with Gasteiger partial charge in [-0.2, -0.15) is 0 Å². The summed E-state index contributed by atoms with van der Waals surface area (Å²) in [4.78, 5) is 1.95. The molecule has 0 spiro atoms. The summed E-state index contributed by atoms with van der Waals surface area (Å²) >= 11 is 11.9. The maximum absolute atomic E-state index is 6.03. The normalized spacial score (nSPS) is 10.3. The molecule has 0 atom stereocenters. The Balaban J connectivity index is 2.25. The Kier molecular flexibility index (Phi) is 4.45. The number of halogens is 2. The molecule has 0 aliphatic carbocycles. The van der Waals surface area contributed by atoms with Gasteiger partial charge in [0.05, 0.1) is 12.8 Å². The van der Waals surface area contributed by atoms with E-state index >= 15 is 0 Å². The molecule has 19 heavy (non-hydrogen) atoms. The zero-order chi connectivity index (χ0) is 13.8. The topological polar surface area (TPSA) is 38.2 Å². The molecule has 6 heteroatoms. The van der Waals surface area contributed by atoms with Gasteiger partial charge in [-0.1, -0.05) is 41.4 Å². The maximum atomic E-state index is 6.03. The second kappa shape index (κ2) is 6.08. The van der Waals surface area contributed by atoms with Gasteiger partial charge in [0, 0.05) is 25.2 Å². The van der Waals surface area contributed by atoms with Crippen molar-refractivity contribution >= 4 is 28.9 Å². The lowest BCUT2D eigenvalue weighted by molar-refractivity contribution is 0.409. The summed E-state index contributed by atoms with van der Waals surface area (Å²) in [7, 11) is 3.56. The van der Waals surface area contributed by atoms with Crippen LogP contribution in [-0.4, -0.2) is 24.4 Å². The Morgan fingerprint density at radius 3 is 2.68 bits per heavy atom. The van der Waals surface area contributed by atoms with Gasteiger partial charge in [0.15, 0.2) is 10.3 Å². The quantitative estimate of drug-likeness (QED) is 0.867. The van der Waals surface area contributed by atoms with Crippen LogP contribution in [0.5, 0.6) is 5.75 Å². The predicted molar refractivity (Wildman–Crippen MR) is 77.2 cm³/mol. The SMILES string of the molecule is COc1ccccc1CN(C)c1cc(Cl)nnc1Cl. The number of para-hydroxylation sites is 1. The second-order valence-corrected chi connectivity index (χ2v) is 4.76. The molecule has 1 heterocycles. The van der Waals surface area contributed by atoms with Crippen molar-refractivity contribution in [2.45, 2.75) is 6.54 Å². The second-order valence-electron chi connectivity index (χ2n) is 4.01. The molecular formula is C13H13Cl2N3O. The number of nitrogens with zero attached hydrogens (tertiary/aromatic N) is 3. The van der Waals surface area contributed by atoms with E-state index in [2.05, 4.69) is 10.2 Å². The third-order valence-corrected chi connectivity index (χ3v) is 3.17. The number of hydrogen-bond donors (Lipinski definition) is 0. The molecule has 1 aromatic carbocycles. The highest BCUT2D eigenvalue weighted by Gasteiger charge is 2.11. The van der Waals surface area contributed by atoms with Crippen molar-refractivity contribution in [1.82, 2.24) is 10.2 Å². The highest BCUT2D eigenvalue weighted by molar-refractivity contribution is 6.33. The molecule has 0 fully saturated rings. The van der Waals surface area contributed by atoms with Crippen LogP contribution in [0, 0.1) is 0 Å². The lowest BCUT2D eigenvalue weighted by Gasteiger charge is -2.21. The molecule has 0 unspecified atom stereocenters. The van der Waals surface area contributed by atoms with Crippen molar-refractivity contribution in [3.8, 4) is 5.75 Å². The van der Waals surface area contributed by atoms with Crippen molar-refractivity contribution in [3.05, 3.63) is 46.2 Å². The molecule has 0 amide bonds. The van der Waals surface area contributed by atoms with Crippen LogP contribution >= 0.6 is 23.2 Å². The first kappa shape index (κ1) is 13.9. The van der Waals surface area contributed by atoms with Crippen LogP contribution < -0.4 is 9.64 Å². The summed E-state index contributed by atoms with van der Waals surface area (Å²) in [5, 5.41) is 8.12. The summed E-state index contributed by atoms with van der Waals surface area (Å²) in [6.07, 6.45) is 0. The summed E-state index contributed by atoms with van der Waals surface area (Å²) in [6, 6.07) is 9.50. The van der Waals surface area contributed by atoms with Crippen LogP contribution in [0.4, 0.5) is 5.69 Å². The smallest absolute Gasteiger partial charge is 0.175 e. The van der Waals surface area contributed by atoms with Gasteiger partial charge < -0.3 is 9.64 Å². The summed E-state index contributed by atoms with van der Waals surface area (Å²) in [5.41, 5.74) is 1.78. The Labute approximate surface area is 121 Å². The molecule has 0 aliphatic rings. The molecule has 2 rings (SSSR count). The summed E-state index contributed by atoms with van der Waals surface area (Å²) < 4.78 is 5.32. The first-order valence-corrected chi connectivity index (χ1v) is 6.39. The van der Waals surface area contributed by atoms with E-state index in [1.54, 1.807) is 13.2 Å². The van der Waals surface area contributed by atoms with Gasteiger partial charge in [-0.15, -0.1) is 10.2 Å². The van der Waals surface area contributed by atoms with Gasteiger partial charge in [-0.3, -0.25) is 0 Å². The fraction of sp³-hybridized carbons (Fsp3) is 0.231. The average Bonchev–Trinajstić information content (AvgIpc) is 2.42. The minimum atomic E-state index is 0.311. The molecule has 4 nitrogen and oxygen atoms in total. The number of rotatable bonds is 4. The van der Waals surface area contributed by atoms with E-state index in [0.29, 0.717) is 16.9 Å². The Bertz CT molecular complexity index is 578. The van der Waals surface area contributed by atoms with E-state index in [-0.39, 0.29) is 0 Å². The monoisotopic (exact) mass is 297 g/mol. The van der Waals surface area contributed by atoms with Crippen LogP contribution in [-0.2, 0) is 6.54 Å². The minimum absolute atomic E-state index is 0.311. The van der Waals surface area contributed by atoms with Crippen LogP contribution in [0.3, 0.4) is 0 Å². The molecule has 2 aromatic rings. The predicted octanol–water partition coefficient (Wildman–Crippen LogP) is 3.43. The number of benzene rings is 1. The van der Waals surface area contributed by atoms with Crippen LogP contribution in [0.1, 0.15) is 5.56 Å². The third kappa shape index (κ3) is 3.28. The first-order chi connectivity index (χ1) is 9.11. The molecule has 0 saturated carbocycles. The van der Waals surface area contributed by atoms with Crippen molar-refractivity contribution < 1.29 is 4.74 Å². The molecule has 0 saturated heterocycles. The number of ether oxygens (including phenoxy) is 1. The van der Waals surface area contributed by atoms with Crippen LogP contribution in [0.2, 0.25) is 10.3 Å². The number of anilines is 1. The largest absolute Gasteiger partial charge is 0.496 e. The Hall–Kier alpha value is -1.52. The van der Waals surface area contributed by atoms with E-state index in [4.69, 9.17) is 27.9 Å². The number of aromatic nitrogens is 2. The van der Waals surface area contributed by atoms with E-state index in [9.17, 15) is 0 Å². The molecule has 0 radical (unpaired) electrons.